The van der Waals surface area contributed by atoms with Gasteiger partial charge < -0.3 is 4.98 Å². The number of benzene rings is 1. The Hall–Kier alpha value is -1.68. The topological polar surface area (TPSA) is 62.8 Å². The number of fused-ring (bicyclic) bond motifs is 1. The Morgan fingerprint density at radius 1 is 1.44 bits per heavy atom. The molecule has 0 saturated heterocycles. The second-order valence-corrected chi connectivity index (χ2v) is 3.71. The van der Waals surface area contributed by atoms with Gasteiger partial charge in [0, 0.05) is 5.56 Å². The highest BCUT2D eigenvalue weighted by molar-refractivity contribution is 6.51. The van der Waals surface area contributed by atoms with Crippen LogP contribution in [0.2, 0.25) is 0 Å². The van der Waals surface area contributed by atoms with Crippen molar-refractivity contribution in [1.29, 1.82) is 0 Å². The Kier molecular flexibility index (Phi) is 2.75. The van der Waals surface area contributed by atoms with E-state index in [9.17, 15) is 9.59 Å². The first-order valence-corrected chi connectivity index (χ1v) is 5.25. The Balaban J connectivity index is 2.46. The van der Waals surface area contributed by atoms with Crippen molar-refractivity contribution < 1.29 is 9.59 Å². The number of aryl methyl sites for hydroxylation is 1. The fraction of sp³-hybridized carbons (Fsp3) is 0.182. The van der Waals surface area contributed by atoms with Gasteiger partial charge in [0.05, 0.1) is 16.9 Å². The number of nitrogens with zero attached hydrogens (tertiary/aromatic N) is 1. The van der Waals surface area contributed by atoms with E-state index in [4.69, 9.17) is 11.6 Å². The van der Waals surface area contributed by atoms with Crippen LogP contribution in [0.15, 0.2) is 18.2 Å². The number of rotatable bonds is 3. The van der Waals surface area contributed by atoms with Crippen molar-refractivity contribution in [3.8, 4) is 0 Å². The van der Waals surface area contributed by atoms with Gasteiger partial charge in [0.1, 0.15) is 5.82 Å². The number of imidazole rings is 1. The maximum atomic E-state index is 11.6. The van der Waals surface area contributed by atoms with Crippen molar-refractivity contribution in [3.05, 3.63) is 29.6 Å². The predicted octanol–water partition coefficient (Wildman–Crippen LogP) is 1.86. The minimum atomic E-state index is -0.600. The largest absolute Gasteiger partial charge is 0.342 e. The van der Waals surface area contributed by atoms with Gasteiger partial charge in [0.25, 0.3) is 0 Å². The number of hydrogen-bond acceptors (Lipinski definition) is 3. The standard InChI is InChI=1S/C11H9ClN2O2/c1-6-13-8-3-2-7(4-9(8)14-6)11(16)10(15)5-12/h2-4H,5H2,1H3,(H,13,14). The van der Waals surface area contributed by atoms with Crippen LogP contribution >= 0.6 is 11.6 Å². The van der Waals surface area contributed by atoms with E-state index >= 15 is 0 Å². The first kappa shape index (κ1) is 10.8. The van der Waals surface area contributed by atoms with Crippen LogP contribution in [0, 0.1) is 6.92 Å². The molecular formula is C11H9ClN2O2. The quantitative estimate of drug-likeness (QED) is 0.503. The zero-order chi connectivity index (χ0) is 11.7. The van der Waals surface area contributed by atoms with Gasteiger partial charge in [-0.1, -0.05) is 0 Å². The summed E-state index contributed by atoms with van der Waals surface area (Å²) in [4.78, 5) is 29.9. The van der Waals surface area contributed by atoms with E-state index in [1.165, 1.54) is 0 Å². The molecule has 2 rings (SSSR count). The van der Waals surface area contributed by atoms with Crippen LogP contribution < -0.4 is 0 Å². The van der Waals surface area contributed by atoms with Gasteiger partial charge in [-0.2, -0.15) is 0 Å². The number of halogens is 1. The maximum absolute atomic E-state index is 11.6. The molecule has 0 radical (unpaired) electrons. The van der Waals surface area contributed by atoms with Crippen LogP contribution in [-0.4, -0.2) is 27.4 Å². The number of carbonyl (C=O) groups excluding carboxylic acids is 2. The fourth-order valence-corrected chi connectivity index (χ4v) is 1.62. The van der Waals surface area contributed by atoms with E-state index in [2.05, 4.69) is 9.97 Å². The average Bonchev–Trinajstić information content (AvgIpc) is 2.65. The first-order valence-electron chi connectivity index (χ1n) is 4.71. The Morgan fingerprint density at radius 2 is 2.19 bits per heavy atom. The third-order valence-electron chi connectivity index (χ3n) is 2.24. The summed E-state index contributed by atoms with van der Waals surface area (Å²) in [6.45, 7) is 1.82. The highest BCUT2D eigenvalue weighted by Crippen LogP contribution is 2.14. The number of H-pyrrole nitrogens is 1. The summed E-state index contributed by atoms with van der Waals surface area (Å²) in [5.41, 5.74) is 1.85. The van der Waals surface area contributed by atoms with Crippen molar-refractivity contribution in [2.24, 2.45) is 0 Å². The zero-order valence-corrected chi connectivity index (χ0v) is 9.34. The molecule has 2 aromatic rings. The molecule has 0 aliphatic heterocycles. The summed E-state index contributed by atoms with van der Waals surface area (Å²) in [5, 5.41) is 0. The van der Waals surface area contributed by atoms with Crippen molar-refractivity contribution in [2.75, 3.05) is 5.88 Å². The average molecular weight is 237 g/mol. The SMILES string of the molecule is Cc1nc2ccc(C(=O)C(=O)CCl)cc2[nH]1. The molecule has 0 atom stereocenters. The Labute approximate surface area is 96.6 Å². The third-order valence-corrected chi connectivity index (χ3v) is 2.48. The van der Waals surface area contributed by atoms with Crippen molar-refractivity contribution in [1.82, 2.24) is 9.97 Å². The molecule has 82 valence electrons. The molecule has 1 N–H and O–H groups in total. The van der Waals surface area contributed by atoms with Crippen molar-refractivity contribution in [3.63, 3.8) is 0 Å². The normalized spacial score (nSPS) is 10.6. The highest BCUT2D eigenvalue weighted by Gasteiger charge is 2.15. The van der Waals surface area contributed by atoms with E-state index in [1.54, 1.807) is 18.2 Å². The summed E-state index contributed by atoms with van der Waals surface area (Å²) in [5.74, 6) is -0.691. The number of Topliss-reactive ketones (excluding diaryl/α,β-unsaturated/α-hetero) is 2. The molecule has 0 fully saturated rings. The monoisotopic (exact) mass is 236 g/mol. The lowest BCUT2D eigenvalue weighted by Gasteiger charge is -1.97. The molecule has 0 aliphatic rings. The van der Waals surface area contributed by atoms with Crippen molar-refractivity contribution in [2.45, 2.75) is 6.92 Å². The van der Waals surface area contributed by atoms with Crippen molar-refractivity contribution >= 4 is 34.2 Å². The number of aromatic amines is 1. The highest BCUT2D eigenvalue weighted by atomic mass is 35.5. The van der Waals surface area contributed by atoms with Gasteiger partial charge in [-0.15, -0.1) is 11.6 Å². The summed E-state index contributed by atoms with van der Waals surface area (Å²) >= 11 is 5.33. The maximum Gasteiger partial charge on any atom is 0.229 e. The van der Waals surface area contributed by atoms with Gasteiger partial charge >= 0.3 is 0 Å². The predicted molar refractivity (Wildman–Crippen MR) is 60.9 cm³/mol. The summed E-state index contributed by atoms with van der Waals surface area (Å²) in [7, 11) is 0. The lowest BCUT2D eigenvalue weighted by molar-refractivity contribution is -0.112. The van der Waals surface area contributed by atoms with E-state index < -0.39 is 11.6 Å². The van der Waals surface area contributed by atoms with Gasteiger partial charge in [0.2, 0.25) is 11.6 Å². The summed E-state index contributed by atoms with van der Waals surface area (Å²) in [6.07, 6.45) is 0. The molecule has 0 unspecified atom stereocenters. The van der Waals surface area contributed by atoms with Crippen LogP contribution in [0.3, 0.4) is 0 Å². The van der Waals surface area contributed by atoms with E-state index in [0.717, 1.165) is 16.9 Å². The van der Waals surface area contributed by atoms with E-state index in [1.807, 2.05) is 6.92 Å². The number of alkyl halides is 1. The lowest BCUT2D eigenvalue weighted by atomic mass is 10.1. The summed E-state index contributed by atoms with van der Waals surface area (Å²) in [6, 6.07) is 4.89. The van der Waals surface area contributed by atoms with Crippen LogP contribution in [0.5, 0.6) is 0 Å². The molecule has 1 aromatic heterocycles. The number of hydrogen-bond donors (Lipinski definition) is 1. The molecule has 0 amide bonds. The number of nitrogens with one attached hydrogen (secondary N) is 1. The molecule has 1 aromatic carbocycles. The molecule has 0 aliphatic carbocycles. The second kappa shape index (κ2) is 4.06. The second-order valence-electron chi connectivity index (χ2n) is 3.44. The van der Waals surface area contributed by atoms with Gasteiger partial charge in [-0.3, -0.25) is 9.59 Å². The number of ketones is 2. The minimum Gasteiger partial charge on any atom is -0.342 e. The third kappa shape index (κ3) is 1.84. The van der Waals surface area contributed by atoms with Crippen LogP contribution in [0.25, 0.3) is 11.0 Å². The van der Waals surface area contributed by atoms with E-state index in [-0.39, 0.29) is 5.88 Å². The molecule has 1 heterocycles. The fourth-order valence-electron chi connectivity index (χ4n) is 1.50. The van der Waals surface area contributed by atoms with Gasteiger partial charge in [0.15, 0.2) is 0 Å². The zero-order valence-electron chi connectivity index (χ0n) is 8.58. The van der Waals surface area contributed by atoms with Crippen LogP contribution in [-0.2, 0) is 4.79 Å². The molecular weight excluding hydrogens is 228 g/mol. The molecule has 4 nitrogen and oxygen atoms in total. The molecule has 16 heavy (non-hydrogen) atoms. The van der Waals surface area contributed by atoms with E-state index in [0.29, 0.717) is 5.56 Å². The first-order chi connectivity index (χ1) is 7.61. The van der Waals surface area contributed by atoms with Gasteiger partial charge in [-0.05, 0) is 25.1 Å². The van der Waals surface area contributed by atoms with Crippen LogP contribution in [0.4, 0.5) is 0 Å². The Bertz CT molecular complexity index is 574. The number of carbonyl (C=O) groups is 2. The van der Waals surface area contributed by atoms with Crippen LogP contribution in [0.1, 0.15) is 16.2 Å². The molecule has 0 bridgehead atoms. The molecule has 5 heteroatoms. The smallest absolute Gasteiger partial charge is 0.229 e. The lowest BCUT2D eigenvalue weighted by Crippen LogP contribution is -2.15. The Morgan fingerprint density at radius 3 is 2.88 bits per heavy atom. The van der Waals surface area contributed by atoms with Gasteiger partial charge in [-0.25, -0.2) is 4.98 Å². The molecule has 0 spiro atoms. The number of aromatic nitrogens is 2. The molecule has 0 saturated carbocycles. The summed E-state index contributed by atoms with van der Waals surface area (Å²) < 4.78 is 0. The minimum absolute atomic E-state index is 0.293.